The number of nitrogens with zero attached hydrogens (tertiary/aromatic N) is 1. The third-order valence-corrected chi connectivity index (χ3v) is 6.27. The largest absolute Gasteiger partial charge is 0.494 e. The van der Waals surface area contributed by atoms with Crippen LogP contribution >= 0.6 is 11.3 Å². The Morgan fingerprint density at radius 2 is 2.00 bits per heavy atom. The van der Waals surface area contributed by atoms with Crippen molar-refractivity contribution in [3.8, 4) is 17.0 Å². The number of carbonyl (C=O) groups excluding carboxylic acids is 1. The summed E-state index contributed by atoms with van der Waals surface area (Å²) in [6.45, 7) is 3.30. The molecular formula is C20H17F2N3O4S2. The van der Waals surface area contributed by atoms with Crippen molar-refractivity contribution in [1.82, 2.24) is 9.71 Å². The summed E-state index contributed by atoms with van der Waals surface area (Å²) in [5.41, 5.74) is 0.837. The average Bonchev–Trinajstić information content (AvgIpc) is 3.20. The van der Waals surface area contributed by atoms with Crippen LogP contribution in [0.3, 0.4) is 0 Å². The number of sulfonamides is 1. The van der Waals surface area contributed by atoms with Crippen molar-refractivity contribution in [2.24, 2.45) is 0 Å². The van der Waals surface area contributed by atoms with E-state index < -0.39 is 32.5 Å². The van der Waals surface area contributed by atoms with Gasteiger partial charge < -0.3 is 4.74 Å². The van der Waals surface area contributed by atoms with Crippen LogP contribution < -0.4 is 14.8 Å². The van der Waals surface area contributed by atoms with E-state index in [0.717, 1.165) is 29.5 Å². The molecule has 0 atom stereocenters. The van der Waals surface area contributed by atoms with Gasteiger partial charge in [0.05, 0.1) is 12.8 Å². The molecule has 0 saturated heterocycles. The number of anilines is 1. The number of thiazole rings is 1. The lowest BCUT2D eigenvalue weighted by atomic mass is 10.1. The number of nitrogens with one attached hydrogen (secondary N) is 2. The first-order valence-electron chi connectivity index (χ1n) is 8.76. The fraction of sp³-hybridized carbons (Fsp3) is 0.100. The molecule has 3 rings (SSSR count). The fourth-order valence-corrected chi connectivity index (χ4v) is 4.37. The lowest BCUT2D eigenvalue weighted by Crippen LogP contribution is -2.25. The lowest BCUT2D eigenvalue weighted by Gasteiger charge is -2.08. The summed E-state index contributed by atoms with van der Waals surface area (Å²) in [7, 11) is -2.80. The summed E-state index contributed by atoms with van der Waals surface area (Å²) >= 11 is 1.09. The number of amides is 1. The van der Waals surface area contributed by atoms with Gasteiger partial charge in [0.25, 0.3) is 5.91 Å². The molecule has 1 aromatic heterocycles. The molecule has 0 aliphatic carbocycles. The summed E-state index contributed by atoms with van der Waals surface area (Å²) in [5, 5.41) is 4.35. The number of methoxy groups -OCH3 is 1. The van der Waals surface area contributed by atoms with Gasteiger partial charge in [0.2, 0.25) is 10.0 Å². The maximum absolute atomic E-state index is 14.0. The highest BCUT2D eigenvalue weighted by Gasteiger charge is 2.21. The van der Waals surface area contributed by atoms with Gasteiger partial charge in [0.15, 0.2) is 16.7 Å². The third-order valence-electron chi connectivity index (χ3n) is 4.07. The number of ether oxygens (including phenoxy) is 1. The van der Waals surface area contributed by atoms with Gasteiger partial charge in [-0.15, -0.1) is 17.9 Å². The second-order valence-electron chi connectivity index (χ2n) is 6.13. The smallest absolute Gasteiger partial charge is 0.257 e. The highest BCUT2D eigenvalue weighted by Crippen LogP contribution is 2.28. The van der Waals surface area contributed by atoms with Crippen molar-refractivity contribution in [3.63, 3.8) is 0 Å². The van der Waals surface area contributed by atoms with Crippen molar-refractivity contribution >= 4 is 32.4 Å². The van der Waals surface area contributed by atoms with E-state index in [1.807, 2.05) is 0 Å². The topological polar surface area (TPSA) is 97.4 Å². The number of benzene rings is 2. The SMILES string of the molecule is C=CCNS(=O)(=O)c1cc(C(=O)Nc2nc(-c3ccc(OC)c(F)c3)cs2)ccc1F. The summed E-state index contributed by atoms with van der Waals surface area (Å²) < 4.78 is 59.4. The Hall–Kier alpha value is -3.15. The Bertz CT molecular complexity index is 1240. The number of hydrogen-bond acceptors (Lipinski definition) is 6. The molecule has 0 radical (unpaired) electrons. The van der Waals surface area contributed by atoms with Crippen LogP contribution in [0.1, 0.15) is 10.4 Å². The Labute approximate surface area is 181 Å². The molecule has 2 N–H and O–H groups in total. The van der Waals surface area contributed by atoms with Crippen molar-refractivity contribution in [2.45, 2.75) is 4.90 Å². The molecular weight excluding hydrogens is 448 g/mol. The van der Waals surface area contributed by atoms with E-state index in [-0.39, 0.29) is 23.0 Å². The van der Waals surface area contributed by atoms with E-state index in [4.69, 9.17) is 4.74 Å². The molecule has 0 aliphatic heterocycles. The Balaban J connectivity index is 1.80. The Morgan fingerprint density at radius 3 is 2.68 bits per heavy atom. The quantitative estimate of drug-likeness (QED) is 0.493. The van der Waals surface area contributed by atoms with Crippen LogP contribution in [0, 0.1) is 11.6 Å². The zero-order valence-corrected chi connectivity index (χ0v) is 17.8. The molecule has 1 amide bonds. The van der Waals surface area contributed by atoms with Gasteiger partial charge in [0.1, 0.15) is 10.7 Å². The monoisotopic (exact) mass is 465 g/mol. The lowest BCUT2D eigenvalue weighted by molar-refractivity contribution is 0.102. The average molecular weight is 466 g/mol. The molecule has 0 spiro atoms. The van der Waals surface area contributed by atoms with Crippen molar-refractivity contribution in [1.29, 1.82) is 0 Å². The van der Waals surface area contributed by atoms with E-state index >= 15 is 0 Å². The molecule has 1 heterocycles. The minimum atomic E-state index is -4.16. The predicted molar refractivity (Wildman–Crippen MR) is 114 cm³/mol. The molecule has 162 valence electrons. The van der Waals surface area contributed by atoms with Crippen molar-refractivity contribution < 1.29 is 26.7 Å². The molecule has 0 unspecified atom stereocenters. The third kappa shape index (κ3) is 5.13. The number of rotatable bonds is 8. The van der Waals surface area contributed by atoms with E-state index in [1.165, 1.54) is 25.3 Å². The summed E-state index contributed by atoms with van der Waals surface area (Å²) in [6.07, 6.45) is 1.31. The highest BCUT2D eigenvalue weighted by atomic mass is 32.2. The van der Waals surface area contributed by atoms with Crippen LogP contribution in [0.5, 0.6) is 5.75 Å². The Morgan fingerprint density at radius 1 is 1.23 bits per heavy atom. The van der Waals surface area contributed by atoms with Crippen LogP contribution in [0.4, 0.5) is 13.9 Å². The maximum atomic E-state index is 14.0. The highest BCUT2D eigenvalue weighted by molar-refractivity contribution is 7.89. The second kappa shape index (κ2) is 9.33. The van der Waals surface area contributed by atoms with Gasteiger partial charge in [-0.2, -0.15) is 0 Å². The number of carbonyl (C=O) groups is 1. The van der Waals surface area contributed by atoms with Crippen LogP contribution in [0.15, 0.2) is 59.3 Å². The minimum absolute atomic E-state index is 0.0763. The van der Waals surface area contributed by atoms with Crippen LogP contribution in [-0.2, 0) is 10.0 Å². The van der Waals surface area contributed by atoms with E-state index in [2.05, 4.69) is 21.6 Å². The number of hydrogen-bond donors (Lipinski definition) is 2. The van der Waals surface area contributed by atoms with Crippen LogP contribution in [-0.4, -0.2) is 33.0 Å². The molecule has 0 bridgehead atoms. The van der Waals surface area contributed by atoms with E-state index in [9.17, 15) is 22.0 Å². The van der Waals surface area contributed by atoms with Gasteiger partial charge in [-0.1, -0.05) is 6.08 Å². The zero-order valence-electron chi connectivity index (χ0n) is 16.2. The normalized spacial score (nSPS) is 11.2. The van der Waals surface area contributed by atoms with Crippen molar-refractivity contribution in [3.05, 3.63) is 71.6 Å². The number of aromatic nitrogens is 1. The van der Waals surface area contributed by atoms with Gasteiger partial charge >= 0.3 is 0 Å². The molecule has 11 heteroatoms. The van der Waals surface area contributed by atoms with Crippen LogP contribution in [0.2, 0.25) is 0 Å². The molecule has 31 heavy (non-hydrogen) atoms. The summed E-state index contributed by atoms with van der Waals surface area (Å²) in [6, 6.07) is 7.32. The van der Waals surface area contributed by atoms with Crippen LogP contribution in [0.25, 0.3) is 11.3 Å². The summed E-state index contributed by atoms with van der Waals surface area (Å²) in [4.78, 5) is 16.1. The Kier molecular flexibility index (Phi) is 6.78. The van der Waals surface area contributed by atoms with E-state index in [1.54, 1.807) is 11.4 Å². The maximum Gasteiger partial charge on any atom is 0.257 e. The number of halogens is 2. The zero-order chi connectivity index (χ0) is 22.6. The van der Waals surface area contributed by atoms with Gasteiger partial charge in [-0.05, 0) is 36.4 Å². The van der Waals surface area contributed by atoms with E-state index in [0.29, 0.717) is 11.3 Å². The molecule has 3 aromatic rings. The molecule has 0 aliphatic rings. The first-order valence-corrected chi connectivity index (χ1v) is 11.1. The van der Waals surface area contributed by atoms with Gasteiger partial charge in [0, 0.05) is 23.1 Å². The van der Waals surface area contributed by atoms with Crippen molar-refractivity contribution in [2.75, 3.05) is 19.0 Å². The molecule has 0 fully saturated rings. The fourth-order valence-electron chi connectivity index (χ4n) is 2.56. The minimum Gasteiger partial charge on any atom is -0.494 e. The summed E-state index contributed by atoms with van der Waals surface area (Å²) in [5.74, 6) is -2.13. The molecule has 2 aromatic carbocycles. The standard InChI is InChI=1S/C20H17F2N3O4S2/c1-3-8-23-31(27,28)18-10-13(4-6-14(18)21)19(26)25-20-24-16(11-30-20)12-5-7-17(29-2)15(22)9-12/h3-7,9-11,23H,1,8H2,2H3,(H,24,25,26). The predicted octanol–water partition coefficient (Wildman–Crippen LogP) is 3.81. The van der Waals surface area contributed by atoms with Gasteiger partial charge in [-0.3, -0.25) is 10.1 Å². The molecule has 0 saturated carbocycles. The first kappa shape index (κ1) is 22.5. The first-order chi connectivity index (χ1) is 14.7. The van der Waals surface area contributed by atoms with Gasteiger partial charge in [-0.25, -0.2) is 26.9 Å². The molecule has 7 nitrogen and oxygen atoms in total. The second-order valence-corrected chi connectivity index (χ2v) is 8.72.